The summed E-state index contributed by atoms with van der Waals surface area (Å²) in [4.78, 5) is 17.3. The van der Waals surface area contributed by atoms with Crippen LogP contribution in [0.1, 0.15) is 18.7 Å². The zero-order chi connectivity index (χ0) is 17.2. The molecule has 1 saturated heterocycles. The van der Waals surface area contributed by atoms with Gasteiger partial charge in [-0.3, -0.25) is 4.79 Å². The fourth-order valence-corrected chi connectivity index (χ4v) is 4.06. The van der Waals surface area contributed by atoms with Crippen molar-refractivity contribution in [3.63, 3.8) is 0 Å². The number of aromatic nitrogens is 3. The summed E-state index contributed by atoms with van der Waals surface area (Å²) < 4.78 is 2.01. The van der Waals surface area contributed by atoms with E-state index in [4.69, 9.17) is 11.6 Å². The van der Waals surface area contributed by atoms with E-state index in [0.29, 0.717) is 6.54 Å². The highest BCUT2D eigenvalue weighted by molar-refractivity contribution is 6.33. The maximum atomic E-state index is 13.0. The number of anilines is 1. The van der Waals surface area contributed by atoms with Crippen molar-refractivity contribution in [1.29, 1.82) is 0 Å². The summed E-state index contributed by atoms with van der Waals surface area (Å²) in [6.07, 6.45) is 4.39. The van der Waals surface area contributed by atoms with E-state index in [-0.39, 0.29) is 11.8 Å². The molecule has 6 nitrogen and oxygen atoms in total. The van der Waals surface area contributed by atoms with E-state index in [1.807, 2.05) is 27.7 Å². The van der Waals surface area contributed by atoms with Gasteiger partial charge >= 0.3 is 0 Å². The number of carbonyl (C=O) groups excluding carboxylic acids is 1. The average molecular weight is 360 g/mol. The van der Waals surface area contributed by atoms with Gasteiger partial charge in [-0.1, -0.05) is 23.7 Å². The van der Waals surface area contributed by atoms with Crippen molar-refractivity contribution in [3.05, 3.63) is 41.4 Å². The largest absolute Gasteiger partial charge is 0.368 e. The molecule has 0 radical (unpaired) electrons. The van der Waals surface area contributed by atoms with E-state index in [1.54, 1.807) is 6.33 Å². The summed E-state index contributed by atoms with van der Waals surface area (Å²) in [6.45, 7) is 4.00. The lowest BCUT2D eigenvalue weighted by atomic mass is 9.97. The van der Waals surface area contributed by atoms with E-state index in [9.17, 15) is 4.79 Å². The standard InChI is InChI=1S/C18H22ClN5O/c19-15-4-1-2-5-16(15)22-8-3-9-23(11-10-22)18(25)14-6-7-17-21-20-13-24(17)12-14/h1-2,4-5,13-14H,3,6-12H2. The summed E-state index contributed by atoms with van der Waals surface area (Å²) in [5, 5.41) is 8.82. The van der Waals surface area contributed by atoms with Crippen LogP contribution in [0.5, 0.6) is 0 Å². The number of para-hydroxylation sites is 1. The Kier molecular flexibility index (Phi) is 4.61. The van der Waals surface area contributed by atoms with Gasteiger partial charge in [-0.2, -0.15) is 0 Å². The molecule has 0 N–H and O–H groups in total. The van der Waals surface area contributed by atoms with Gasteiger partial charge in [0, 0.05) is 39.1 Å². The number of aryl methyl sites for hydroxylation is 1. The second-order valence-corrected chi connectivity index (χ2v) is 7.16. The van der Waals surface area contributed by atoms with Gasteiger partial charge in [-0.25, -0.2) is 0 Å². The van der Waals surface area contributed by atoms with Crippen LogP contribution in [0, 0.1) is 5.92 Å². The molecule has 132 valence electrons. The fourth-order valence-electron chi connectivity index (χ4n) is 3.80. The summed E-state index contributed by atoms with van der Waals surface area (Å²) in [6, 6.07) is 7.92. The predicted molar refractivity (Wildman–Crippen MR) is 96.7 cm³/mol. The second kappa shape index (κ2) is 7.04. The Hall–Kier alpha value is -2.08. The number of hydrogen-bond acceptors (Lipinski definition) is 4. The van der Waals surface area contributed by atoms with Gasteiger partial charge in [-0.15, -0.1) is 10.2 Å². The van der Waals surface area contributed by atoms with Crippen LogP contribution in [-0.2, 0) is 17.8 Å². The van der Waals surface area contributed by atoms with Gasteiger partial charge in [0.05, 0.1) is 16.6 Å². The van der Waals surface area contributed by atoms with Crippen molar-refractivity contribution in [1.82, 2.24) is 19.7 Å². The molecular formula is C18H22ClN5O. The molecule has 3 heterocycles. The number of nitrogens with zero attached hydrogens (tertiary/aromatic N) is 5. The van der Waals surface area contributed by atoms with E-state index >= 15 is 0 Å². The van der Waals surface area contributed by atoms with Crippen LogP contribution >= 0.6 is 11.6 Å². The first-order valence-corrected chi connectivity index (χ1v) is 9.25. The zero-order valence-corrected chi connectivity index (χ0v) is 14.9. The molecule has 1 aromatic heterocycles. The van der Waals surface area contributed by atoms with Crippen molar-refractivity contribution in [2.24, 2.45) is 5.92 Å². The molecule has 0 aliphatic carbocycles. The molecule has 1 fully saturated rings. The monoisotopic (exact) mass is 359 g/mol. The Labute approximate surface area is 152 Å². The summed E-state index contributed by atoms with van der Waals surface area (Å²) in [7, 11) is 0. The maximum Gasteiger partial charge on any atom is 0.227 e. The Morgan fingerprint density at radius 1 is 1.16 bits per heavy atom. The lowest BCUT2D eigenvalue weighted by molar-refractivity contribution is -0.136. The molecular weight excluding hydrogens is 338 g/mol. The highest BCUT2D eigenvalue weighted by atomic mass is 35.5. The molecule has 2 aliphatic rings. The molecule has 7 heteroatoms. The van der Waals surface area contributed by atoms with Crippen LogP contribution in [0.25, 0.3) is 0 Å². The molecule has 1 aromatic carbocycles. The third-order valence-electron chi connectivity index (χ3n) is 5.18. The summed E-state index contributed by atoms with van der Waals surface area (Å²) >= 11 is 6.33. The number of benzene rings is 1. The highest BCUT2D eigenvalue weighted by Gasteiger charge is 2.30. The molecule has 0 spiro atoms. The number of hydrogen-bond donors (Lipinski definition) is 0. The minimum atomic E-state index is 0.0374. The zero-order valence-electron chi connectivity index (χ0n) is 14.1. The predicted octanol–water partition coefficient (Wildman–Crippen LogP) is 2.23. The van der Waals surface area contributed by atoms with Crippen LogP contribution in [-0.4, -0.2) is 51.8 Å². The van der Waals surface area contributed by atoms with Crippen molar-refractivity contribution in [3.8, 4) is 0 Å². The van der Waals surface area contributed by atoms with Gasteiger partial charge in [0.25, 0.3) is 0 Å². The first-order valence-electron chi connectivity index (χ1n) is 8.87. The van der Waals surface area contributed by atoms with Gasteiger partial charge in [-0.05, 0) is 25.0 Å². The quantitative estimate of drug-likeness (QED) is 0.825. The number of carbonyl (C=O) groups is 1. The molecule has 4 rings (SSSR count). The number of halogens is 1. The lowest BCUT2D eigenvalue weighted by Crippen LogP contribution is -2.41. The van der Waals surface area contributed by atoms with Crippen LogP contribution in [0.2, 0.25) is 5.02 Å². The first kappa shape index (κ1) is 16.4. The normalized spacial score (nSPS) is 20.9. The van der Waals surface area contributed by atoms with E-state index < -0.39 is 0 Å². The SMILES string of the molecule is O=C(C1CCc2nncn2C1)N1CCCN(c2ccccc2Cl)CC1. The van der Waals surface area contributed by atoms with E-state index in [2.05, 4.69) is 21.2 Å². The Bertz CT molecular complexity index is 761. The fraction of sp³-hybridized carbons (Fsp3) is 0.500. The molecule has 2 aromatic rings. The molecule has 1 unspecified atom stereocenters. The van der Waals surface area contributed by atoms with Crippen molar-refractivity contribution in [2.45, 2.75) is 25.8 Å². The summed E-state index contributed by atoms with van der Waals surface area (Å²) in [5.74, 6) is 1.29. The lowest BCUT2D eigenvalue weighted by Gasteiger charge is -2.29. The van der Waals surface area contributed by atoms with Crippen molar-refractivity contribution < 1.29 is 4.79 Å². The molecule has 1 amide bonds. The minimum Gasteiger partial charge on any atom is -0.368 e. The second-order valence-electron chi connectivity index (χ2n) is 6.75. The molecule has 0 bridgehead atoms. The molecule has 25 heavy (non-hydrogen) atoms. The van der Waals surface area contributed by atoms with Gasteiger partial charge in [0.1, 0.15) is 12.2 Å². The third-order valence-corrected chi connectivity index (χ3v) is 5.50. The number of amides is 1. The molecule has 2 aliphatic heterocycles. The first-order chi connectivity index (χ1) is 12.2. The van der Waals surface area contributed by atoms with Crippen LogP contribution in [0.15, 0.2) is 30.6 Å². The van der Waals surface area contributed by atoms with Gasteiger partial charge in [0.2, 0.25) is 5.91 Å². The average Bonchev–Trinajstić information content (AvgIpc) is 2.97. The Balaban J connectivity index is 1.41. The Morgan fingerprint density at radius 2 is 2.04 bits per heavy atom. The van der Waals surface area contributed by atoms with Crippen LogP contribution in [0.4, 0.5) is 5.69 Å². The highest BCUT2D eigenvalue weighted by Crippen LogP contribution is 2.27. The maximum absolute atomic E-state index is 13.0. The van der Waals surface area contributed by atoms with Gasteiger partial charge in [0.15, 0.2) is 0 Å². The number of rotatable bonds is 2. The van der Waals surface area contributed by atoms with Crippen molar-refractivity contribution >= 4 is 23.2 Å². The molecule has 0 saturated carbocycles. The Morgan fingerprint density at radius 3 is 2.92 bits per heavy atom. The van der Waals surface area contributed by atoms with Crippen LogP contribution < -0.4 is 4.90 Å². The minimum absolute atomic E-state index is 0.0374. The summed E-state index contributed by atoms with van der Waals surface area (Å²) in [5.41, 5.74) is 1.06. The van der Waals surface area contributed by atoms with E-state index in [1.165, 1.54) is 0 Å². The topological polar surface area (TPSA) is 54.3 Å². The van der Waals surface area contributed by atoms with Gasteiger partial charge < -0.3 is 14.4 Å². The van der Waals surface area contributed by atoms with E-state index in [0.717, 1.165) is 62.0 Å². The third kappa shape index (κ3) is 3.35. The van der Waals surface area contributed by atoms with Crippen molar-refractivity contribution in [2.75, 3.05) is 31.1 Å². The molecule has 1 atom stereocenters. The number of fused-ring (bicyclic) bond motifs is 1. The van der Waals surface area contributed by atoms with Crippen LogP contribution in [0.3, 0.4) is 0 Å². The smallest absolute Gasteiger partial charge is 0.227 e.